The number of aromatic carboxylic acids is 1. The van der Waals surface area contributed by atoms with E-state index in [4.69, 9.17) is 9.84 Å². The Morgan fingerprint density at radius 3 is 2.83 bits per heavy atom. The second-order valence-corrected chi connectivity index (χ2v) is 5.57. The van der Waals surface area contributed by atoms with Crippen molar-refractivity contribution in [3.8, 4) is 16.2 Å². The zero-order valence-corrected chi connectivity index (χ0v) is 10.9. The number of aryl methyl sites for hydroxylation is 2. The summed E-state index contributed by atoms with van der Waals surface area (Å²) in [4.78, 5) is 12.4. The third kappa shape index (κ3) is 1.61. The van der Waals surface area contributed by atoms with Gasteiger partial charge in [0.1, 0.15) is 17.2 Å². The fourth-order valence-corrected chi connectivity index (χ4v) is 3.35. The van der Waals surface area contributed by atoms with Gasteiger partial charge < -0.3 is 9.84 Å². The minimum atomic E-state index is -0.875. The quantitative estimate of drug-likeness (QED) is 0.851. The highest BCUT2D eigenvalue weighted by atomic mass is 32.1. The van der Waals surface area contributed by atoms with Crippen LogP contribution in [0.5, 0.6) is 5.75 Å². The number of benzene rings is 1. The third-order valence-corrected chi connectivity index (χ3v) is 4.25. The van der Waals surface area contributed by atoms with Gasteiger partial charge in [0.2, 0.25) is 0 Å². The first-order valence-corrected chi connectivity index (χ1v) is 6.48. The zero-order chi connectivity index (χ0) is 12.9. The van der Waals surface area contributed by atoms with Gasteiger partial charge in [-0.1, -0.05) is 6.07 Å². The Labute approximate surface area is 109 Å². The molecule has 0 atom stereocenters. The van der Waals surface area contributed by atoms with Crippen molar-refractivity contribution in [2.75, 3.05) is 0 Å². The summed E-state index contributed by atoms with van der Waals surface area (Å²) in [6, 6.07) is 5.85. The molecule has 4 heteroatoms. The minimum Gasteiger partial charge on any atom is -0.488 e. The van der Waals surface area contributed by atoms with Crippen molar-refractivity contribution in [1.29, 1.82) is 0 Å². The number of carboxylic acid groups (broad SMARTS) is 1. The van der Waals surface area contributed by atoms with Crippen LogP contribution in [0, 0.1) is 13.8 Å². The van der Waals surface area contributed by atoms with E-state index in [2.05, 4.69) is 12.1 Å². The first-order valence-electron chi connectivity index (χ1n) is 5.66. The molecule has 1 aliphatic rings. The van der Waals surface area contributed by atoms with Crippen LogP contribution in [0.2, 0.25) is 0 Å². The molecule has 1 aliphatic heterocycles. The monoisotopic (exact) mass is 260 g/mol. The molecule has 1 aromatic carbocycles. The van der Waals surface area contributed by atoms with Crippen LogP contribution in [0.1, 0.15) is 26.4 Å². The van der Waals surface area contributed by atoms with E-state index in [9.17, 15) is 4.79 Å². The molecule has 18 heavy (non-hydrogen) atoms. The normalized spacial score (nSPS) is 12.6. The Morgan fingerprint density at radius 2 is 2.11 bits per heavy atom. The fourth-order valence-electron chi connectivity index (χ4n) is 2.33. The van der Waals surface area contributed by atoms with Crippen molar-refractivity contribution in [2.24, 2.45) is 0 Å². The van der Waals surface area contributed by atoms with Crippen LogP contribution in [0.15, 0.2) is 18.2 Å². The summed E-state index contributed by atoms with van der Waals surface area (Å²) in [6.45, 7) is 4.51. The Kier molecular flexibility index (Phi) is 2.41. The lowest BCUT2D eigenvalue weighted by Gasteiger charge is -2.20. The number of rotatable bonds is 1. The van der Waals surface area contributed by atoms with Gasteiger partial charge in [0, 0.05) is 16.0 Å². The van der Waals surface area contributed by atoms with Crippen LogP contribution in [0.3, 0.4) is 0 Å². The smallest absolute Gasteiger partial charge is 0.345 e. The average molecular weight is 260 g/mol. The van der Waals surface area contributed by atoms with Crippen LogP contribution in [0.25, 0.3) is 10.4 Å². The van der Waals surface area contributed by atoms with E-state index in [0.29, 0.717) is 11.5 Å². The van der Waals surface area contributed by atoms with Crippen molar-refractivity contribution in [2.45, 2.75) is 20.5 Å². The van der Waals surface area contributed by atoms with Crippen LogP contribution in [-0.4, -0.2) is 11.1 Å². The maximum atomic E-state index is 11.0. The summed E-state index contributed by atoms with van der Waals surface area (Å²) in [5.74, 6) is 0.00668. The van der Waals surface area contributed by atoms with Gasteiger partial charge in [-0.15, -0.1) is 11.3 Å². The summed E-state index contributed by atoms with van der Waals surface area (Å²) >= 11 is 1.32. The molecule has 3 rings (SSSR count). The Hall–Kier alpha value is -1.81. The van der Waals surface area contributed by atoms with Crippen molar-refractivity contribution in [3.05, 3.63) is 39.8 Å². The van der Waals surface area contributed by atoms with Gasteiger partial charge in [-0.05, 0) is 37.1 Å². The lowest BCUT2D eigenvalue weighted by molar-refractivity contribution is 0.0702. The van der Waals surface area contributed by atoms with Gasteiger partial charge >= 0.3 is 5.97 Å². The van der Waals surface area contributed by atoms with E-state index in [1.54, 1.807) is 6.07 Å². The van der Waals surface area contributed by atoms with Crippen LogP contribution < -0.4 is 4.74 Å². The van der Waals surface area contributed by atoms with E-state index in [1.807, 2.05) is 13.8 Å². The highest BCUT2D eigenvalue weighted by molar-refractivity contribution is 7.17. The van der Waals surface area contributed by atoms with Gasteiger partial charge in [-0.25, -0.2) is 4.79 Å². The first-order chi connectivity index (χ1) is 8.56. The molecule has 0 spiro atoms. The van der Waals surface area contributed by atoms with Gasteiger partial charge in [0.05, 0.1) is 0 Å². The Bertz CT molecular complexity index is 655. The summed E-state index contributed by atoms with van der Waals surface area (Å²) in [6.07, 6.45) is 0. The maximum absolute atomic E-state index is 11.0. The van der Waals surface area contributed by atoms with Crippen molar-refractivity contribution in [3.63, 3.8) is 0 Å². The summed E-state index contributed by atoms with van der Waals surface area (Å²) in [5, 5.41) is 9.06. The molecule has 0 unspecified atom stereocenters. The Balaban J connectivity index is 2.24. The lowest BCUT2D eigenvalue weighted by atomic mass is 10.0. The SMILES string of the molecule is Cc1cc(C)c2c(c1)-c1sc(C(=O)O)cc1CO2. The Morgan fingerprint density at radius 1 is 1.33 bits per heavy atom. The molecule has 0 saturated carbocycles. The molecule has 0 fully saturated rings. The number of thiophene rings is 1. The molecule has 1 aromatic heterocycles. The maximum Gasteiger partial charge on any atom is 0.345 e. The molecule has 0 radical (unpaired) electrons. The van der Waals surface area contributed by atoms with Gasteiger partial charge in [0.25, 0.3) is 0 Å². The van der Waals surface area contributed by atoms with Gasteiger partial charge in [0.15, 0.2) is 0 Å². The van der Waals surface area contributed by atoms with Crippen LogP contribution in [-0.2, 0) is 6.61 Å². The third-order valence-electron chi connectivity index (χ3n) is 3.06. The lowest BCUT2D eigenvalue weighted by Crippen LogP contribution is -2.04. The highest BCUT2D eigenvalue weighted by Crippen LogP contribution is 2.44. The molecule has 3 nitrogen and oxygen atoms in total. The van der Waals surface area contributed by atoms with Crippen molar-refractivity contribution < 1.29 is 14.6 Å². The molecule has 2 heterocycles. The zero-order valence-electron chi connectivity index (χ0n) is 10.1. The van der Waals surface area contributed by atoms with Crippen molar-refractivity contribution >= 4 is 17.3 Å². The molecule has 0 saturated heterocycles. The molecule has 1 N–H and O–H groups in total. The first kappa shape index (κ1) is 11.3. The minimum absolute atomic E-state index is 0.371. The number of hydrogen-bond acceptors (Lipinski definition) is 3. The number of hydrogen-bond donors (Lipinski definition) is 1. The summed E-state index contributed by atoms with van der Waals surface area (Å²) in [7, 11) is 0. The standard InChI is InChI=1S/C14H12O3S/c1-7-3-8(2)12-10(4-7)13-9(6-17-12)5-11(18-13)14(15)16/h3-5H,6H2,1-2H3,(H,15,16). The molecular weight excluding hydrogens is 248 g/mol. The van der Waals surface area contributed by atoms with E-state index in [1.165, 1.54) is 11.3 Å². The number of fused-ring (bicyclic) bond motifs is 3. The van der Waals surface area contributed by atoms with Crippen LogP contribution in [0.4, 0.5) is 0 Å². The second kappa shape index (κ2) is 3.85. The molecule has 0 bridgehead atoms. The average Bonchev–Trinajstić information content (AvgIpc) is 2.72. The fraction of sp³-hybridized carbons (Fsp3) is 0.214. The number of carbonyl (C=O) groups is 1. The van der Waals surface area contributed by atoms with Crippen molar-refractivity contribution in [1.82, 2.24) is 0 Å². The van der Waals surface area contributed by atoms with Crippen LogP contribution >= 0.6 is 11.3 Å². The molecular formula is C14H12O3S. The molecule has 2 aromatic rings. The summed E-state index contributed by atoms with van der Waals surface area (Å²) in [5.41, 5.74) is 4.25. The van der Waals surface area contributed by atoms with E-state index in [0.717, 1.165) is 32.9 Å². The molecule has 0 amide bonds. The van der Waals surface area contributed by atoms with Gasteiger partial charge in [-0.2, -0.15) is 0 Å². The second-order valence-electron chi connectivity index (χ2n) is 4.52. The highest BCUT2D eigenvalue weighted by Gasteiger charge is 2.23. The summed E-state index contributed by atoms with van der Waals surface area (Å²) < 4.78 is 5.74. The predicted molar refractivity (Wildman–Crippen MR) is 70.5 cm³/mol. The van der Waals surface area contributed by atoms with E-state index in [-0.39, 0.29) is 0 Å². The van der Waals surface area contributed by atoms with E-state index >= 15 is 0 Å². The van der Waals surface area contributed by atoms with E-state index < -0.39 is 5.97 Å². The molecule has 92 valence electrons. The van der Waals surface area contributed by atoms with Gasteiger partial charge in [-0.3, -0.25) is 0 Å². The molecule has 0 aliphatic carbocycles. The number of ether oxygens (including phenoxy) is 1. The predicted octanol–water partition coefficient (Wildman–Crippen LogP) is 3.62. The largest absolute Gasteiger partial charge is 0.488 e. The topological polar surface area (TPSA) is 46.5 Å². The number of carboxylic acids is 1.